The number of carbonyl (C=O) groups excluding carboxylic acids is 1. The molecule has 0 fully saturated rings. The Bertz CT molecular complexity index is 1230. The Morgan fingerprint density at radius 2 is 1.71 bits per heavy atom. The zero-order chi connectivity index (χ0) is 23.6. The molecule has 0 aliphatic heterocycles. The first kappa shape index (κ1) is 23.3. The molecule has 4 rings (SSSR count). The molecule has 0 aliphatic rings. The Morgan fingerprint density at radius 3 is 2.41 bits per heavy atom. The molecule has 8 heteroatoms. The Kier molecular flexibility index (Phi) is 8.08. The third-order valence-corrected chi connectivity index (χ3v) is 5.70. The molecule has 0 saturated carbocycles. The lowest BCUT2D eigenvalue weighted by molar-refractivity contribution is -0.118. The van der Waals surface area contributed by atoms with Gasteiger partial charge in [-0.2, -0.15) is 5.10 Å². The highest BCUT2D eigenvalue weighted by Gasteiger charge is 2.17. The van der Waals surface area contributed by atoms with Gasteiger partial charge in [-0.3, -0.25) is 9.36 Å². The maximum atomic E-state index is 12.4. The monoisotopic (exact) mass is 471 g/mol. The number of ether oxygens (including phenoxy) is 1. The van der Waals surface area contributed by atoms with Crippen molar-refractivity contribution in [2.45, 2.75) is 18.5 Å². The van der Waals surface area contributed by atoms with Crippen LogP contribution in [0.5, 0.6) is 5.75 Å². The van der Waals surface area contributed by atoms with E-state index in [1.54, 1.807) is 6.21 Å². The fourth-order valence-electron chi connectivity index (χ4n) is 3.16. The quantitative estimate of drug-likeness (QED) is 0.201. The normalized spacial score (nSPS) is 11.0. The maximum absolute atomic E-state index is 12.4. The van der Waals surface area contributed by atoms with Gasteiger partial charge in [-0.1, -0.05) is 67.2 Å². The minimum atomic E-state index is -0.229. The average molecular weight is 472 g/mol. The Balaban J connectivity index is 1.40. The summed E-state index contributed by atoms with van der Waals surface area (Å²) in [6, 6.07) is 27.3. The maximum Gasteiger partial charge on any atom is 0.250 e. The lowest BCUT2D eigenvalue weighted by Gasteiger charge is -2.10. The summed E-state index contributed by atoms with van der Waals surface area (Å²) in [5.74, 6) is 1.46. The number of thioether (sulfide) groups is 1. The molecule has 1 amide bonds. The number of carbonyl (C=O) groups is 1. The van der Waals surface area contributed by atoms with Gasteiger partial charge in [0.2, 0.25) is 0 Å². The van der Waals surface area contributed by atoms with Crippen molar-refractivity contribution >= 4 is 23.9 Å². The number of rotatable bonds is 10. The van der Waals surface area contributed by atoms with Crippen LogP contribution in [0.3, 0.4) is 0 Å². The summed E-state index contributed by atoms with van der Waals surface area (Å²) < 4.78 is 7.53. The van der Waals surface area contributed by atoms with E-state index in [2.05, 4.69) is 27.6 Å². The highest BCUT2D eigenvalue weighted by atomic mass is 32.2. The van der Waals surface area contributed by atoms with Crippen LogP contribution in [-0.2, 0) is 4.79 Å². The topological polar surface area (TPSA) is 81.4 Å². The van der Waals surface area contributed by atoms with Crippen LogP contribution in [-0.4, -0.2) is 39.2 Å². The predicted octanol–water partition coefficient (Wildman–Crippen LogP) is 4.97. The van der Waals surface area contributed by atoms with Gasteiger partial charge in [0.15, 0.2) is 11.0 Å². The average Bonchev–Trinajstić information content (AvgIpc) is 3.32. The largest absolute Gasteiger partial charge is 0.494 e. The van der Waals surface area contributed by atoms with Gasteiger partial charge in [0.1, 0.15) is 5.75 Å². The molecule has 0 aliphatic carbocycles. The molecule has 1 heterocycles. The van der Waals surface area contributed by atoms with Gasteiger partial charge in [0.05, 0.1) is 18.6 Å². The number of hydrogen-bond donors (Lipinski definition) is 1. The third kappa shape index (κ3) is 6.11. The molecule has 172 valence electrons. The summed E-state index contributed by atoms with van der Waals surface area (Å²) in [7, 11) is 0. The van der Waals surface area contributed by atoms with Gasteiger partial charge in [-0.25, -0.2) is 5.43 Å². The fraction of sp³-hybridized carbons (Fsp3) is 0.154. The molecule has 0 spiro atoms. The number of amides is 1. The first-order valence-electron chi connectivity index (χ1n) is 11.0. The van der Waals surface area contributed by atoms with Crippen LogP contribution in [0.1, 0.15) is 18.9 Å². The number of benzene rings is 3. The molecule has 1 N–H and O–H groups in total. The van der Waals surface area contributed by atoms with Crippen LogP contribution in [0, 0.1) is 0 Å². The van der Waals surface area contributed by atoms with Crippen molar-refractivity contribution in [1.82, 2.24) is 20.2 Å². The van der Waals surface area contributed by atoms with E-state index in [9.17, 15) is 4.79 Å². The van der Waals surface area contributed by atoms with E-state index in [1.165, 1.54) is 11.8 Å². The van der Waals surface area contributed by atoms with Crippen LogP contribution < -0.4 is 10.2 Å². The molecule has 4 aromatic rings. The highest BCUT2D eigenvalue weighted by Crippen LogP contribution is 2.27. The second-order valence-corrected chi connectivity index (χ2v) is 8.29. The Hall–Kier alpha value is -3.91. The standard InChI is InChI=1S/C26H25N5O2S/c1-2-17-33-23-15-13-20(14-16-23)18-27-28-24(32)19-34-26-30-29-25(21-9-5-3-6-10-21)31(26)22-11-7-4-8-12-22/h3-16,18H,2,17,19H2,1H3,(H,28,32)/b27-18+. The van der Waals surface area contributed by atoms with Crippen molar-refractivity contribution < 1.29 is 9.53 Å². The van der Waals surface area contributed by atoms with Crippen molar-refractivity contribution in [2.75, 3.05) is 12.4 Å². The Morgan fingerprint density at radius 1 is 1.00 bits per heavy atom. The number of nitrogens with one attached hydrogen (secondary N) is 1. The minimum Gasteiger partial charge on any atom is -0.494 e. The van der Waals surface area contributed by atoms with Crippen LogP contribution in [0.25, 0.3) is 17.1 Å². The molecule has 0 bridgehead atoms. The van der Waals surface area contributed by atoms with Gasteiger partial charge in [0, 0.05) is 11.3 Å². The lowest BCUT2D eigenvalue weighted by Crippen LogP contribution is -2.20. The first-order chi connectivity index (χ1) is 16.7. The second kappa shape index (κ2) is 11.8. The molecular formula is C26H25N5O2S. The van der Waals surface area contributed by atoms with Crippen molar-refractivity contribution in [2.24, 2.45) is 5.10 Å². The first-order valence-corrected chi connectivity index (χ1v) is 12.0. The van der Waals surface area contributed by atoms with E-state index in [1.807, 2.05) is 89.5 Å². The van der Waals surface area contributed by atoms with Crippen molar-refractivity contribution in [1.29, 1.82) is 0 Å². The van der Waals surface area contributed by atoms with Gasteiger partial charge >= 0.3 is 0 Å². The molecule has 0 atom stereocenters. The zero-order valence-corrected chi connectivity index (χ0v) is 19.6. The summed E-state index contributed by atoms with van der Waals surface area (Å²) in [5.41, 5.74) is 5.32. The van der Waals surface area contributed by atoms with Crippen LogP contribution in [0.4, 0.5) is 0 Å². The van der Waals surface area contributed by atoms with Gasteiger partial charge in [-0.05, 0) is 48.4 Å². The van der Waals surface area contributed by atoms with Gasteiger partial charge in [-0.15, -0.1) is 10.2 Å². The fourth-order valence-corrected chi connectivity index (χ4v) is 3.90. The minimum absolute atomic E-state index is 0.154. The Labute approximate surface area is 202 Å². The van der Waals surface area contributed by atoms with Crippen molar-refractivity contribution in [3.8, 4) is 22.8 Å². The van der Waals surface area contributed by atoms with Crippen LogP contribution in [0.2, 0.25) is 0 Å². The van der Waals surface area contributed by atoms with E-state index in [0.717, 1.165) is 34.8 Å². The number of hydrogen-bond acceptors (Lipinski definition) is 6. The van der Waals surface area contributed by atoms with Crippen molar-refractivity contribution in [3.05, 3.63) is 90.5 Å². The number of hydrazone groups is 1. The molecule has 3 aromatic carbocycles. The summed E-state index contributed by atoms with van der Waals surface area (Å²) in [5, 5.41) is 13.4. The summed E-state index contributed by atoms with van der Waals surface area (Å²) >= 11 is 1.31. The zero-order valence-electron chi connectivity index (χ0n) is 18.8. The third-order valence-electron chi connectivity index (χ3n) is 4.77. The van der Waals surface area contributed by atoms with Crippen molar-refractivity contribution in [3.63, 3.8) is 0 Å². The van der Waals surface area contributed by atoms with E-state index < -0.39 is 0 Å². The van der Waals surface area contributed by atoms with Crippen LogP contribution in [0.15, 0.2) is 95.2 Å². The predicted molar refractivity (Wildman–Crippen MR) is 135 cm³/mol. The van der Waals surface area contributed by atoms with E-state index in [-0.39, 0.29) is 11.7 Å². The molecule has 1 aromatic heterocycles. The van der Waals surface area contributed by atoms with E-state index in [4.69, 9.17) is 4.74 Å². The number of nitrogens with zero attached hydrogens (tertiary/aromatic N) is 4. The van der Waals surface area contributed by atoms with Crippen LogP contribution >= 0.6 is 11.8 Å². The summed E-state index contributed by atoms with van der Waals surface area (Å²) in [6.07, 6.45) is 2.56. The summed E-state index contributed by atoms with van der Waals surface area (Å²) in [6.45, 7) is 2.75. The molecule has 34 heavy (non-hydrogen) atoms. The molecule has 0 saturated heterocycles. The smallest absolute Gasteiger partial charge is 0.250 e. The molecular weight excluding hydrogens is 446 g/mol. The van der Waals surface area contributed by atoms with Gasteiger partial charge < -0.3 is 4.74 Å². The van der Waals surface area contributed by atoms with E-state index >= 15 is 0 Å². The second-order valence-electron chi connectivity index (χ2n) is 7.34. The van der Waals surface area contributed by atoms with Gasteiger partial charge in [0.25, 0.3) is 5.91 Å². The van der Waals surface area contributed by atoms with E-state index in [0.29, 0.717) is 11.8 Å². The number of aromatic nitrogens is 3. The summed E-state index contributed by atoms with van der Waals surface area (Å²) in [4.78, 5) is 12.4. The molecule has 7 nitrogen and oxygen atoms in total. The molecule has 0 unspecified atom stereocenters. The molecule has 0 radical (unpaired) electrons. The highest BCUT2D eigenvalue weighted by molar-refractivity contribution is 7.99. The SMILES string of the molecule is CCCOc1ccc(/C=N/NC(=O)CSc2nnc(-c3ccccc3)n2-c2ccccc2)cc1. The number of para-hydroxylation sites is 1. The lowest BCUT2D eigenvalue weighted by atomic mass is 10.2.